The fraction of sp³-hybridized carbons (Fsp3) is 0.318. The summed E-state index contributed by atoms with van der Waals surface area (Å²) in [5.74, 6) is 0.789. The summed E-state index contributed by atoms with van der Waals surface area (Å²) in [5.41, 5.74) is 6.79. The van der Waals surface area contributed by atoms with E-state index in [1.807, 2.05) is 32.9 Å². The minimum absolute atomic E-state index is 0.0646. The molecular weight excluding hydrogens is 385 g/mol. The van der Waals surface area contributed by atoms with Crippen LogP contribution in [0, 0.1) is 11.7 Å². The van der Waals surface area contributed by atoms with E-state index in [1.165, 1.54) is 6.07 Å². The van der Waals surface area contributed by atoms with Crippen LogP contribution >= 0.6 is 0 Å². The second-order valence-corrected chi connectivity index (χ2v) is 7.64. The van der Waals surface area contributed by atoms with Gasteiger partial charge in [0.2, 0.25) is 0 Å². The average Bonchev–Trinajstić information content (AvgIpc) is 2.73. The van der Waals surface area contributed by atoms with E-state index >= 15 is 0 Å². The van der Waals surface area contributed by atoms with Crippen molar-refractivity contribution in [2.75, 3.05) is 12.4 Å². The number of halogens is 1. The Morgan fingerprint density at radius 2 is 2.00 bits per heavy atom. The van der Waals surface area contributed by atoms with Crippen molar-refractivity contribution in [2.24, 2.45) is 16.6 Å². The molecular formula is C22H24FN5O2. The number of nitrogens with one attached hydrogen (secondary N) is 1. The van der Waals surface area contributed by atoms with Gasteiger partial charge in [-0.1, -0.05) is 6.92 Å². The lowest BCUT2D eigenvalue weighted by atomic mass is 9.77. The molecule has 8 heteroatoms. The molecule has 0 amide bonds. The molecule has 0 fully saturated rings. The molecule has 2 aromatic heterocycles. The van der Waals surface area contributed by atoms with E-state index in [-0.39, 0.29) is 23.9 Å². The molecule has 4 rings (SSSR count). The van der Waals surface area contributed by atoms with E-state index in [9.17, 15) is 4.39 Å². The maximum absolute atomic E-state index is 14.9. The van der Waals surface area contributed by atoms with E-state index < -0.39 is 5.54 Å². The Hall–Kier alpha value is -3.42. The molecule has 1 aromatic carbocycles. The fourth-order valence-electron chi connectivity index (χ4n) is 3.78. The molecule has 0 radical (unpaired) electrons. The van der Waals surface area contributed by atoms with Crippen LogP contribution < -0.4 is 15.8 Å². The zero-order valence-electron chi connectivity index (χ0n) is 17.3. The van der Waals surface area contributed by atoms with Crippen molar-refractivity contribution in [1.29, 1.82) is 0 Å². The Morgan fingerprint density at radius 3 is 2.77 bits per heavy atom. The summed E-state index contributed by atoms with van der Waals surface area (Å²) in [6, 6.07) is 8.63. The lowest BCUT2D eigenvalue weighted by Crippen LogP contribution is -2.45. The van der Waals surface area contributed by atoms with Gasteiger partial charge in [-0.2, -0.15) is 0 Å². The van der Waals surface area contributed by atoms with Crippen LogP contribution in [0.3, 0.4) is 0 Å². The molecule has 30 heavy (non-hydrogen) atoms. The number of nitrogens with zero attached hydrogens (tertiary/aromatic N) is 3. The molecule has 3 heterocycles. The Labute approximate surface area is 174 Å². The highest BCUT2D eigenvalue weighted by molar-refractivity contribution is 5.90. The summed E-state index contributed by atoms with van der Waals surface area (Å²) in [4.78, 5) is 13.3. The predicted octanol–water partition coefficient (Wildman–Crippen LogP) is 4.11. The third-order valence-corrected chi connectivity index (χ3v) is 5.82. The van der Waals surface area contributed by atoms with E-state index in [2.05, 4.69) is 20.3 Å². The van der Waals surface area contributed by atoms with Gasteiger partial charge >= 0.3 is 0 Å². The first kappa shape index (κ1) is 19.9. The number of ether oxygens (including phenoxy) is 2. The number of amidine groups is 1. The molecule has 3 atom stereocenters. The lowest BCUT2D eigenvalue weighted by Gasteiger charge is -2.40. The zero-order valence-corrected chi connectivity index (χ0v) is 17.3. The fourth-order valence-corrected chi connectivity index (χ4v) is 3.78. The number of nitrogens with two attached hydrogens (primary N) is 1. The molecule has 7 nitrogen and oxygen atoms in total. The van der Waals surface area contributed by atoms with Gasteiger partial charge in [0.05, 0.1) is 18.8 Å². The van der Waals surface area contributed by atoms with Gasteiger partial charge in [0.25, 0.3) is 6.02 Å². The Balaban J connectivity index is 1.75. The molecule has 156 valence electrons. The molecule has 1 aliphatic heterocycles. The number of aliphatic imine (C=N–C) groups is 1. The Kier molecular flexibility index (Phi) is 4.93. The molecule has 0 bridgehead atoms. The molecule has 0 saturated carbocycles. The van der Waals surface area contributed by atoms with Crippen LogP contribution in [0.4, 0.5) is 15.9 Å². The summed E-state index contributed by atoms with van der Waals surface area (Å²) in [6.45, 7) is 5.75. The van der Waals surface area contributed by atoms with Crippen LogP contribution in [0.15, 0.2) is 47.7 Å². The van der Waals surface area contributed by atoms with E-state index in [0.717, 1.165) is 5.39 Å². The van der Waals surface area contributed by atoms with Crippen LogP contribution in [-0.2, 0) is 10.3 Å². The number of hydrogen-bond donors (Lipinski definition) is 2. The van der Waals surface area contributed by atoms with E-state index in [0.29, 0.717) is 28.3 Å². The number of aromatic nitrogens is 2. The number of benzene rings is 1. The number of methoxy groups -OCH3 is 1. The first-order chi connectivity index (χ1) is 14.3. The van der Waals surface area contributed by atoms with Crippen molar-refractivity contribution in [3.63, 3.8) is 0 Å². The second-order valence-electron chi connectivity index (χ2n) is 7.64. The van der Waals surface area contributed by atoms with Gasteiger partial charge in [-0.15, -0.1) is 0 Å². The van der Waals surface area contributed by atoms with Crippen molar-refractivity contribution in [3.8, 4) is 5.75 Å². The molecule has 1 aliphatic rings. The van der Waals surface area contributed by atoms with Crippen molar-refractivity contribution in [2.45, 2.75) is 32.4 Å². The van der Waals surface area contributed by atoms with Gasteiger partial charge in [-0.25, -0.2) is 19.4 Å². The number of fused-ring (bicyclic) bond motifs is 1. The highest BCUT2D eigenvalue weighted by Gasteiger charge is 2.42. The van der Waals surface area contributed by atoms with Crippen LogP contribution in [0.1, 0.15) is 26.3 Å². The minimum atomic E-state index is -0.860. The normalized spacial score (nSPS) is 23.6. The maximum atomic E-state index is 14.9. The van der Waals surface area contributed by atoms with Gasteiger partial charge in [0.1, 0.15) is 23.2 Å². The Bertz CT molecular complexity index is 1140. The monoisotopic (exact) mass is 409 g/mol. The van der Waals surface area contributed by atoms with Crippen molar-refractivity contribution < 1.29 is 13.9 Å². The lowest BCUT2D eigenvalue weighted by molar-refractivity contribution is 0.0704. The zero-order chi connectivity index (χ0) is 21.5. The predicted molar refractivity (Wildman–Crippen MR) is 114 cm³/mol. The number of anilines is 2. The molecule has 0 aliphatic carbocycles. The van der Waals surface area contributed by atoms with Crippen LogP contribution in [-0.4, -0.2) is 29.2 Å². The van der Waals surface area contributed by atoms with E-state index in [4.69, 9.17) is 15.2 Å². The van der Waals surface area contributed by atoms with Gasteiger partial charge in [0, 0.05) is 28.8 Å². The van der Waals surface area contributed by atoms with Crippen molar-refractivity contribution in [1.82, 2.24) is 9.97 Å². The SMILES string of the molecule is COc1cnc2c(Nc3ccc(F)c([C@@]4(C)N=C(N)O[C@@H](C)[C@H]4C)c3)nccc2c1. The third kappa shape index (κ3) is 3.38. The van der Waals surface area contributed by atoms with Gasteiger partial charge in [-0.05, 0) is 44.2 Å². The quantitative estimate of drug-likeness (QED) is 0.674. The van der Waals surface area contributed by atoms with Crippen LogP contribution in [0.25, 0.3) is 10.9 Å². The van der Waals surface area contributed by atoms with Gasteiger partial charge in [-0.3, -0.25) is 0 Å². The average molecular weight is 409 g/mol. The standard InChI is InChI=1S/C22H24FN5O2/c1-12-13(2)30-21(24)28-22(12,3)17-10-15(5-6-18(17)23)27-20-19-14(7-8-25-20)9-16(29-4)11-26-19/h5-13H,1-4H3,(H2,24,28)(H,25,27)/t12-,13+,22+/m1/s1. The summed E-state index contributed by atoms with van der Waals surface area (Å²) in [5, 5.41) is 4.13. The highest BCUT2D eigenvalue weighted by atomic mass is 19.1. The first-order valence-corrected chi connectivity index (χ1v) is 9.69. The molecule has 3 aromatic rings. The molecule has 3 N–H and O–H groups in total. The summed E-state index contributed by atoms with van der Waals surface area (Å²) in [7, 11) is 1.59. The van der Waals surface area contributed by atoms with Crippen LogP contribution in [0.2, 0.25) is 0 Å². The molecule has 0 saturated heterocycles. The minimum Gasteiger partial charge on any atom is -0.495 e. The van der Waals surface area contributed by atoms with Crippen molar-refractivity contribution in [3.05, 3.63) is 54.1 Å². The first-order valence-electron chi connectivity index (χ1n) is 9.69. The summed E-state index contributed by atoms with van der Waals surface area (Å²) >= 11 is 0. The largest absolute Gasteiger partial charge is 0.495 e. The smallest absolute Gasteiger partial charge is 0.283 e. The maximum Gasteiger partial charge on any atom is 0.283 e. The number of rotatable bonds is 4. The molecule has 0 unspecified atom stereocenters. The highest BCUT2D eigenvalue weighted by Crippen LogP contribution is 2.41. The van der Waals surface area contributed by atoms with Gasteiger partial charge < -0.3 is 20.5 Å². The summed E-state index contributed by atoms with van der Waals surface area (Å²) < 4.78 is 25.6. The number of pyridine rings is 2. The summed E-state index contributed by atoms with van der Waals surface area (Å²) in [6.07, 6.45) is 3.13. The third-order valence-electron chi connectivity index (χ3n) is 5.82. The number of hydrogen-bond acceptors (Lipinski definition) is 7. The van der Waals surface area contributed by atoms with Crippen molar-refractivity contribution >= 4 is 28.4 Å². The Morgan fingerprint density at radius 1 is 1.20 bits per heavy atom. The van der Waals surface area contributed by atoms with Gasteiger partial charge in [0.15, 0.2) is 5.82 Å². The van der Waals surface area contributed by atoms with E-state index in [1.54, 1.807) is 31.6 Å². The van der Waals surface area contributed by atoms with Crippen LogP contribution in [0.5, 0.6) is 5.75 Å². The topological polar surface area (TPSA) is 94.7 Å². The second kappa shape index (κ2) is 7.44. The molecule has 0 spiro atoms.